The third kappa shape index (κ3) is 3.17. The van der Waals surface area contributed by atoms with Gasteiger partial charge in [0.15, 0.2) is 0 Å². The van der Waals surface area contributed by atoms with Crippen molar-refractivity contribution in [1.29, 1.82) is 0 Å². The van der Waals surface area contributed by atoms with Crippen molar-refractivity contribution >= 4 is 0 Å². The van der Waals surface area contributed by atoms with E-state index in [1.807, 2.05) is 13.8 Å². The van der Waals surface area contributed by atoms with Crippen molar-refractivity contribution in [3.63, 3.8) is 0 Å². The number of aryl methyl sites for hydroxylation is 1. The monoisotopic (exact) mass is 251 g/mol. The summed E-state index contributed by atoms with van der Waals surface area (Å²) >= 11 is 0. The van der Waals surface area contributed by atoms with Crippen molar-refractivity contribution in [2.45, 2.75) is 39.3 Å². The molecule has 5 heteroatoms. The van der Waals surface area contributed by atoms with Crippen LogP contribution in [-0.2, 0) is 13.0 Å². The van der Waals surface area contributed by atoms with Crippen molar-refractivity contribution in [1.82, 2.24) is 14.9 Å². The summed E-state index contributed by atoms with van der Waals surface area (Å²) in [6.07, 6.45) is 1.52. The fraction of sp³-hybridized carbons (Fsp3) is 0.692. The van der Waals surface area contributed by atoms with Crippen LogP contribution in [0, 0.1) is 5.92 Å². The Balaban J connectivity index is 2.02. The smallest absolute Gasteiger partial charge is 0.251 e. The molecule has 0 aliphatic carbocycles. The second kappa shape index (κ2) is 5.63. The van der Waals surface area contributed by atoms with Gasteiger partial charge in [-0.15, -0.1) is 0 Å². The summed E-state index contributed by atoms with van der Waals surface area (Å²) in [5.74, 6) is 1.07. The molecule has 0 amide bonds. The highest BCUT2D eigenvalue weighted by molar-refractivity contribution is 5.02. The Morgan fingerprint density at radius 2 is 2.44 bits per heavy atom. The van der Waals surface area contributed by atoms with Gasteiger partial charge in [0.25, 0.3) is 5.56 Å². The fourth-order valence-electron chi connectivity index (χ4n) is 2.43. The molecule has 0 saturated carbocycles. The number of aromatic amines is 1. The van der Waals surface area contributed by atoms with Crippen molar-refractivity contribution in [3.8, 4) is 0 Å². The quantitative estimate of drug-likeness (QED) is 0.819. The van der Waals surface area contributed by atoms with Crippen molar-refractivity contribution in [2.75, 3.05) is 13.1 Å². The number of aliphatic hydroxyl groups is 1. The number of nitrogens with zero attached hydrogens (tertiary/aromatic N) is 2. The van der Waals surface area contributed by atoms with E-state index in [1.165, 1.54) is 0 Å². The van der Waals surface area contributed by atoms with Gasteiger partial charge in [0.05, 0.1) is 12.6 Å². The van der Waals surface area contributed by atoms with Crippen molar-refractivity contribution in [2.24, 2.45) is 5.92 Å². The summed E-state index contributed by atoms with van der Waals surface area (Å²) in [5.41, 5.74) is 0.753. The van der Waals surface area contributed by atoms with E-state index in [9.17, 15) is 9.90 Å². The van der Waals surface area contributed by atoms with E-state index in [-0.39, 0.29) is 11.7 Å². The number of rotatable bonds is 4. The zero-order valence-corrected chi connectivity index (χ0v) is 11.0. The Hall–Kier alpha value is -1.20. The van der Waals surface area contributed by atoms with E-state index in [2.05, 4.69) is 14.9 Å². The first-order valence-electron chi connectivity index (χ1n) is 6.58. The van der Waals surface area contributed by atoms with Gasteiger partial charge in [-0.25, -0.2) is 4.98 Å². The first-order chi connectivity index (χ1) is 8.58. The van der Waals surface area contributed by atoms with E-state index >= 15 is 0 Å². The van der Waals surface area contributed by atoms with Gasteiger partial charge >= 0.3 is 0 Å². The minimum Gasteiger partial charge on any atom is -0.393 e. The number of aromatic nitrogens is 2. The molecule has 0 radical (unpaired) electrons. The van der Waals surface area contributed by atoms with Gasteiger partial charge in [0.2, 0.25) is 0 Å². The Morgan fingerprint density at radius 1 is 1.67 bits per heavy atom. The van der Waals surface area contributed by atoms with Crippen LogP contribution in [0.3, 0.4) is 0 Å². The van der Waals surface area contributed by atoms with Crippen molar-refractivity contribution in [3.05, 3.63) is 27.9 Å². The number of likely N-dealkylation sites (tertiary alicyclic amines) is 1. The Morgan fingerprint density at radius 3 is 3.06 bits per heavy atom. The van der Waals surface area contributed by atoms with Gasteiger partial charge in [-0.2, -0.15) is 0 Å². The molecule has 5 nitrogen and oxygen atoms in total. The average Bonchev–Trinajstić information content (AvgIpc) is 2.76. The normalized spacial score (nSPS) is 22.3. The molecular weight excluding hydrogens is 230 g/mol. The molecule has 0 aromatic carbocycles. The first-order valence-corrected chi connectivity index (χ1v) is 6.58. The molecule has 2 rings (SSSR count). The number of hydrogen-bond donors (Lipinski definition) is 2. The highest BCUT2D eigenvalue weighted by Gasteiger charge is 2.26. The summed E-state index contributed by atoms with van der Waals surface area (Å²) in [6.45, 7) is 6.32. The maximum Gasteiger partial charge on any atom is 0.251 e. The molecule has 18 heavy (non-hydrogen) atoms. The highest BCUT2D eigenvalue weighted by atomic mass is 16.3. The number of hydrogen-bond acceptors (Lipinski definition) is 4. The van der Waals surface area contributed by atoms with Gasteiger partial charge in [-0.3, -0.25) is 9.69 Å². The number of H-pyrrole nitrogens is 1. The molecule has 1 fully saturated rings. The predicted molar refractivity (Wildman–Crippen MR) is 69.3 cm³/mol. The van der Waals surface area contributed by atoms with Crippen LogP contribution in [0.4, 0.5) is 0 Å². The van der Waals surface area contributed by atoms with Crippen LogP contribution in [0.1, 0.15) is 31.8 Å². The maximum absolute atomic E-state index is 11.5. The summed E-state index contributed by atoms with van der Waals surface area (Å²) < 4.78 is 0. The van der Waals surface area contributed by atoms with Crippen molar-refractivity contribution < 1.29 is 5.11 Å². The van der Waals surface area contributed by atoms with Crippen LogP contribution in [0.2, 0.25) is 0 Å². The third-order valence-electron chi connectivity index (χ3n) is 3.57. The van der Waals surface area contributed by atoms with Crippen LogP contribution in [0.5, 0.6) is 0 Å². The van der Waals surface area contributed by atoms with E-state index in [4.69, 9.17) is 0 Å². The molecule has 1 aromatic heterocycles. The second-order valence-corrected chi connectivity index (χ2v) is 5.06. The SMILES string of the molecule is CCc1cc(=O)[nH]c(CN2CCC(C(C)O)C2)n1. The van der Waals surface area contributed by atoms with Gasteiger partial charge in [-0.1, -0.05) is 6.92 Å². The van der Waals surface area contributed by atoms with Crippen LogP contribution in [0.25, 0.3) is 0 Å². The standard InChI is InChI=1S/C13H21N3O2/c1-3-11-6-13(18)15-12(14-11)8-16-5-4-10(7-16)9(2)17/h6,9-10,17H,3-5,7-8H2,1-2H3,(H,14,15,18). The molecule has 100 valence electrons. The lowest BCUT2D eigenvalue weighted by molar-refractivity contribution is 0.127. The molecule has 2 N–H and O–H groups in total. The minimum atomic E-state index is -0.260. The lowest BCUT2D eigenvalue weighted by atomic mass is 10.0. The lowest BCUT2D eigenvalue weighted by Gasteiger charge is -2.16. The third-order valence-corrected chi connectivity index (χ3v) is 3.57. The molecule has 1 saturated heterocycles. The molecule has 1 aromatic rings. The summed E-state index contributed by atoms with van der Waals surface area (Å²) in [6, 6.07) is 1.55. The number of aliphatic hydroxyl groups excluding tert-OH is 1. The Kier molecular flexibility index (Phi) is 4.14. The Labute approximate surface area is 107 Å². The minimum absolute atomic E-state index is 0.0804. The van der Waals surface area contributed by atoms with E-state index < -0.39 is 0 Å². The van der Waals surface area contributed by atoms with E-state index in [0.29, 0.717) is 12.5 Å². The Bertz CT molecular complexity index is 456. The molecule has 2 atom stereocenters. The summed E-state index contributed by atoms with van der Waals surface area (Å²) in [4.78, 5) is 20.9. The van der Waals surface area contributed by atoms with E-state index in [0.717, 1.165) is 37.4 Å². The molecule has 1 aliphatic rings. The molecule has 0 spiro atoms. The predicted octanol–water partition coefficient (Wildman–Crippen LogP) is 0.535. The van der Waals surface area contributed by atoms with Gasteiger partial charge in [0, 0.05) is 18.3 Å². The molecular formula is C13H21N3O2. The summed E-state index contributed by atoms with van der Waals surface area (Å²) in [7, 11) is 0. The number of nitrogens with one attached hydrogen (secondary N) is 1. The fourth-order valence-corrected chi connectivity index (χ4v) is 2.43. The van der Waals surface area contributed by atoms with Crippen LogP contribution in [-0.4, -0.2) is 39.2 Å². The highest BCUT2D eigenvalue weighted by Crippen LogP contribution is 2.20. The molecule has 2 heterocycles. The van der Waals surface area contributed by atoms with Crippen LogP contribution < -0.4 is 5.56 Å². The zero-order chi connectivity index (χ0) is 13.1. The molecule has 2 unspecified atom stereocenters. The average molecular weight is 251 g/mol. The zero-order valence-electron chi connectivity index (χ0n) is 11.0. The largest absolute Gasteiger partial charge is 0.393 e. The second-order valence-electron chi connectivity index (χ2n) is 5.06. The van der Waals surface area contributed by atoms with Gasteiger partial charge < -0.3 is 10.1 Å². The van der Waals surface area contributed by atoms with Gasteiger partial charge in [-0.05, 0) is 32.2 Å². The molecule has 0 bridgehead atoms. The summed E-state index contributed by atoms with van der Waals surface area (Å²) in [5, 5.41) is 9.56. The first kappa shape index (κ1) is 13.2. The van der Waals surface area contributed by atoms with E-state index in [1.54, 1.807) is 6.07 Å². The van der Waals surface area contributed by atoms with Crippen LogP contribution in [0.15, 0.2) is 10.9 Å². The lowest BCUT2D eigenvalue weighted by Crippen LogP contribution is -2.26. The van der Waals surface area contributed by atoms with Crippen LogP contribution >= 0.6 is 0 Å². The topological polar surface area (TPSA) is 69.2 Å². The van der Waals surface area contributed by atoms with Gasteiger partial charge in [0.1, 0.15) is 5.82 Å². The maximum atomic E-state index is 11.5. The molecule has 1 aliphatic heterocycles.